The molecule has 0 fully saturated rings. The molecule has 1 aromatic heterocycles. The summed E-state index contributed by atoms with van der Waals surface area (Å²) >= 11 is 0. The Balaban J connectivity index is 1.90. The van der Waals surface area contributed by atoms with Crippen LogP contribution < -0.4 is 10.3 Å². The van der Waals surface area contributed by atoms with Crippen LogP contribution in [0.25, 0.3) is 10.8 Å². The van der Waals surface area contributed by atoms with Gasteiger partial charge in [-0.25, -0.2) is 4.68 Å². The summed E-state index contributed by atoms with van der Waals surface area (Å²) in [5.74, 6) is 0.667. The molecule has 0 N–H and O–H groups in total. The van der Waals surface area contributed by atoms with E-state index in [9.17, 15) is 9.59 Å². The van der Waals surface area contributed by atoms with Crippen molar-refractivity contribution in [1.29, 1.82) is 0 Å². The van der Waals surface area contributed by atoms with E-state index in [1.165, 1.54) is 4.68 Å². The molecule has 0 spiro atoms. The van der Waals surface area contributed by atoms with E-state index >= 15 is 0 Å². The van der Waals surface area contributed by atoms with Crippen molar-refractivity contribution in [3.63, 3.8) is 0 Å². The molecule has 2 aromatic carbocycles. The van der Waals surface area contributed by atoms with E-state index in [1.54, 1.807) is 32.2 Å². The van der Waals surface area contributed by atoms with Gasteiger partial charge in [-0.3, -0.25) is 9.59 Å². The van der Waals surface area contributed by atoms with Crippen molar-refractivity contribution in [1.82, 2.24) is 14.7 Å². The monoisotopic (exact) mass is 365 g/mol. The molecule has 1 amide bonds. The Hall–Kier alpha value is -3.15. The van der Waals surface area contributed by atoms with Crippen LogP contribution in [0.5, 0.6) is 5.75 Å². The summed E-state index contributed by atoms with van der Waals surface area (Å²) in [4.78, 5) is 26.9. The zero-order valence-electron chi connectivity index (χ0n) is 16.0. The van der Waals surface area contributed by atoms with Crippen LogP contribution in [0, 0.1) is 0 Å². The first-order valence-corrected chi connectivity index (χ1v) is 8.77. The zero-order valence-corrected chi connectivity index (χ0v) is 16.0. The fourth-order valence-corrected chi connectivity index (χ4v) is 3.21. The Morgan fingerprint density at radius 3 is 2.48 bits per heavy atom. The molecule has 0 radical (unpaired) electrons. The Bertz CT molecular complexity index is 1040. The van der Waals surface area contributed by atoms with Gasteiger partial charge >= 0.3 is 0 Å². The highest BCUT2D eigenvalue weighted by molar-refractivity contribution is 5.88. The molecule has 3 aromatic rings. The number of fused-ring (bicyclic) bond motifs is 1. The molecule has 1 heterocycles. The number of likely N-dealkylation sites (N-methyl/N-ethyl adjacent to an activating group) is 1. The van der Waals surface area contributed by atoms with Gasteiger partial charge in [0.2, 0.25) is 5.91 Å². The molecule has 6 nitrogen and oxygen atoms in total. The molecular formula is C21H23N3O3. The van der Waals surface area contributed by atoms with Gasteiger partial charge in [0.25, 0.3) is 5.56 Å². The van der Waals surface area contributed by atoms with Gasteiger partial charge in [-0.2, -0.15) is 5.10 Å². The predicted octanol–water partition coefficient (Wildman–Crippen LogP) is 2.70. The molecule has 1 atom stereocenters. The van der Waals surface area contributed by atoms with E-state index in [0.717, 1.165) is 11.3 Å². The first-order valence-electron chi connectivity index (χ1n) is 8.77. The molecular weight excluding hydrogens is 342 g/mol. The van der Waals surface area contributed by atoms with Gasteiger partial charge in [0.1, 0.15) is 5.75 Å². The molecule has 0 bridgehead atoms. The summed E-state index contributed by atoms with van der Waals surface area (Å²) in [6.07, 6.45) is 0.116. The van der Waals surface area contributed by atoms with Crippen molar-refractivity contribution < 1.29 is 9.53 Å². The maximum absolute atomic E-state index is 12.9. The Morgan fingerprint density at radius 1 is 1.15 bits per heavy atom. The average Bonchev–Trinajstić information content (AvgIpc) is 2.70. The highest BCUT2D eigenvalue weighted by Crippen LogP contribution is 2.28. The number of amides is 1. The molecule has 1 unspecified atom stereocenters. The van der Waals surface area contributed by atoms with Crippen LogP contribution in [0.15, 0.2) is 53.3 Å². The van der Waals surface area contributed by atoms with E-state index in [-0.39, 0.29) is 23.9 Å². The van der Waals surface area contributed by atoms with Gasteiger partial charge in [-0.15, -0.1) is 0 Å². The molecule has 0 saturated carbocycles. The van der Waals surface area contributed by atoms with Crippen molar-refractivity contribution >= 4 is 16.7 Å². The molecule has 0 aliphatic carbocycles. The fourth-order valence-electron chi connectivity index (χ4n) is 3.21. The van der Waals surface area contributed by atoms with E-state index in [1.807, 2.05) is 49.4 Å². The topological polar surface area (TPSA) is 64.4 Å². The summed E-state index contributed by atoms with van der Waals surface area (Å²) < 4.78 is 6.70. The Kier molecular flexibility index (Phi) is 5.26. The highest BCUT2D eigenvalue weighted by Gasteiger charge is 2.22. The number of carbonyl (C=O) groups excluding carboxylic acids is 1. The molecule has 0 aliphatic heterocycles. The maximum Gasteiger partial charge on any atom is 0.274 e. The maximum atomic E-state index is 12.9. The highest BCUT2D eigenvalue weighted by atomic mass is 16.5. The lowest BCUT2D eigenvalue weighted by Crippen LogP contribution is -2.32. The number of hydrogen-bond acceptors (Lipinski definition) is 4. The molecule has 140 valence electrons. The number of ether oxygens (including phenoxy) is 1. The number of para-hydroxylation sites is 1. The van der Waals surface area contributed by atoms with Crippen molar-refractivity contribution in [3.8, 4) is 5.75 Å². The van der Waals surface area contributed by atoms with Gasteiger partial charge in [-0.1, -0.05) is 36.4 Å². The van der Waals surface area contributed by atoms with Crippen LogP contribution in [0.3, 0.4) is 0 Å². The van der Waals surface area contributed by atoms with Crippen molar-refractivity contribution in [2.45, 2.75) is 19.4 Å². The average molecular weight is 365 g/mol. The third kappa shape index (κ3) is 3.56. The van der Waals surface area contributed by atoms with Gasteiger partial charge in [0.05, 0.1) is 30.7 Å². The predicted molar refractivity (Wildman–Crippen MR) is 105 cm³/mol. The molecule has 0 saturated heterocycles. The number of rotatable bonds is 5. The van der Waals surface area contributed by atoms with E-state index in [0.29, 0.717) is 16.5 Å². The minimum Gasteiger partial charge on any atom is -0.496 e. The van der Waals surface area contributed by atoms with E-state index in [2.05, 4.69) is 5.10 Å². The zero-order chi connectivity index (χ0) is 19.6. The first-order chi connectivity index (χ1) is 12.9. The van der Waals surface area contributed by atoms with Crippen LogP contribution in [0.4, 0.5) is 0 Å². The van der Waals surface area contributed by atoms with Crippen LogP contribution in [0.2, 0.25) is 0 Å². The van der Waals surface area contributed by atoms with Crippen molar-refractivity contribution in [2.75, 3.05) is 14.2 Å². The Labute approximate surface area is 158 Å². The van der Waals surface area contributed by atoms with Crippen molar-refractivity contribution in [2.24, 2.45) is 7.05 Å². The van der Waals surface area contributed by atoms with Gasteiger partial charge in [0, 0.05) is 25.0 Å². The van der Waals surface area contributed by atoms with Crippen LogP contribution >= 0.6 is 0 Å². The summed E-state index contributed by atoms with van der Waals surface area (Å²) in [7, 11) is 4.99. The third-order valence-electron chi connectivity index (χ3n) is 4.92. The van der Waals surface area contributed by atoms with Crippen molar-refractivity contribution in [3.05, 3.63) is 70.1 Å². The van der Waals surface area contributed by atoms with E-state index in [4.69, 9.17) is 4.74 Å². The van der Waals surface area contributed by atoms with Crippen LogP contribution in [-0.2, 0) is 18.3 Å². The number of aryl methyl sites for hydroxylation is 1. The largest absolute Gasteiger partial charge is 0.496 e. The summed E-state index contributed by atoms with van der Waals surface area (Å²) in [6.45, 7) is 1.96. The lowest BCUT2D eigenvalue weighted by molar-refractivity contribution is -0.131. The lowest BCUT2D eigenvalue weighted by atomic mass is 10.0. The Morgan fingerprint density at radius 2 is 1.78 bits per heavy atom. The fraction of sp³-hybridized carbons (Fsp3) is 0.286. The van der Waals surface area contributed by atoms with Crippen LogP contribution in [-0.4, -0.2) is 34.7 Å². The number of methoxy groups -OCH3 is 1. The normalized spacial score (nSPS) is 12.0. The van der Waals surface area contributed by atoms with Crippen LogP contribution in [0.1, 0.15) is 24.2 Å². The lowest BCUT2D eigenvalue weighted by Gasteiger charge is -2.26. The number of nitrogens with zero attached hydrogens (tertiary/aromatic N) is 3. The smallest absolute Gasteiger partial charge is 0.274 e. The molecule has 3 rings (SSSR count). The standard InChI is InChI=1S/C21H23N3O3/c1-14(15-9-7-8-12-19(15)27-4)23(2)20(25)13-18-16-10-5-6-11-17(16)21(26)24(3)22-18/h5-12,14H,13H2,1-4H3. The SMILES string of the molecule is COc1ccccc1C(C)N(C)C(=O)Cc1nn(C)c(=O)c2ccccc12. The van der Waals surface area contributed by atoms with Gasteiger partial charge < -0.3 is 9.64 Å². The number of benzene rings is 2. The number of carbonyl (C=O) groups is 1. The minimum absolute atomic E-state index is 0.0790. The summed E-state index contributed by atoms with van der Waals surface area (Å²) in [5.41, 5.74) is 1.36. The number of hydrogen-bond donors (Lipinski definition) is 0. The first kappa shape index (κ1) is 18.6. The second-order valence-electron chi connectivity index (χ2n) is 6.52. The molecule has 6 heteroatoms. The quantitative estimate of drug-likeness (QED) is 0.697. The number of aromatic nitrogens is 2. The summed E-state index contributed by atoms with van der Waals surface area (Å²) in [6, 6.07) is 14.7. The molecule has 0 aliphatic rings. The minimum atomic E-state index is -0.169. The van der Waals surface area contributed by atoms with Gasteiger partial charge in [-0.05, 0) is 19.1 Å². The van der Waals surface area contributed by atoms with Gasteiger partial charge in [0.15, 0.2) is 0 Å². The van der Waals surface area contributed by atoms with E-state index < -0.39 is 0 Å². The summed E-state index contributed by atoms with van der Waals surface area (Å²) in [5, 5.41) is 5.60. The second-order valence-corrected chi connectivity index (χ2v) is 6.52. The third-order valence-corrected chi connectivity index (χ3v) is 4.92. The second kappa shape index (κ2) is 7.61. The molecule has 27 heavy (non-hydrogen) atoms.